The van der Waals surface area contributed by atoms with Crippen LogP contribution in [-0.4, -0.2) is 16.3 Å². The first-order valence-electron chi connectivity index (χ1n) is 3.58. The summed E-state index contributed by atoms with van der Waals surface area (Å²) in [6, 6.07) is 0. The van der Waals surface area contributed by atoms with E-state index in [1.807, 2.05) is 11.7 Å². The van der Waals surface area contributed by atoms with E-state index in [0.29, 0.717) is 0 Å². The smallest absolute Gasteiger partial charge is 0.0682 e. The Kier molecular flexibility index (Phi) is 1.24. The average Bonchev–Trinajstić information content (AvgIpc) is 2.27. The summed E-state index contributed by atoms with van der Waals surface area (Å²) in [5, 5.41) is 7.63. The molecule has 2 heterocycles. The third-order valence-corrected chi connectivity index (χ3v) is 1.85. The van der Waals surface area contributed by atoms with Gasteiger partial charge in [0, 0.05) is 38.3 Å². The van der Waals surface area contributed by atoms with Crippen LogP contribution < -0.4 is 5.32 Å². The minimum absolute atomic E-state index is 0.989. The summed E-state index contributed by atoms with van der Waals surface area (Å²) in [6.07, 6.45) is 3.16. The van der Waals surface area contributed by atoms with E-state index >= 15 is 0 Å². The minimum atomic E-state index is 0.989. The molecule has 0 unspecified atom stereocenters. The van der Waals surface area contributed by atoms with Gasteiger partial charge in [-0.25, -0.2) is 0 Å². The van der Waals surface area contributed by atoms with Crippen molar-refractivity contribution in [1.29, 1.82) is 0 Å². The first-order chi connectivity index (χ1) is 4.86. The monoisotopic (exact) mass is 137 g/mol. The highest BCUT2D eigenvalue weighted by atomic mass is 15.3. The molecule has 3 heteroatoms. The van der Waals surface area contributed by atoms with Gasteiger partial charge in [-0.2, -0.15) is 5.10 Å². The van der Waals surface area contributed by atoms with Crippen molar-refractivity contribution < 1.29 is 0 Å². The zero-order valence-electron chi connectivity index (χ0n) is 6.09. The number of hydrogen-bond acceptors (Lipinski definition) is 2. The van der Waals surface area contributed by atoms with Crippen LogP contribution in [0.15, 0.2) is 6.20 Å². The summed E-state index contributed by atoms with van der Waals surface area (Å²) in [5.41, 5.74) is 2.62. The van der Waals surface area contributed by atoms with Gasteiger partial charge < -0.3 is 5.32 Å². The van der Waals surface area contributed by atoms with Gasteiger partial charge in [-0.3, -0.25) is 4.68 Å². The van der Waals surface area contributed by atoms with E-state index in [0.717, 1.165) is 19.5 Å². The Labute approximate surface area is 60.0 Å². The molecular formula is C7H11N3. The van der Waals surface area contributed by atoms with E-state index in [9.17, 15) is 0 Å². The van der Waals surface area contributed by atoms with Crippen LogP contribution in [0.1, 0.15) is 11.3 Å². The number of aryl methyl sites for hydroxylation is 1. The normalized spacial score (nSPS) is 16.9. The van der Waals surface area contributed by atoms with E-state index in [2.05, 4.69) is 16.6 Å². The average molecular weight is 137 g/mol. The van der Waals surface area contributed by atoms with Crippen molar-refractivity contribution in [3.63, 3.8) is 0 Å². The summed E-state index contributed by atoms with van der Waals surface area (Å²) in [7, 11) is 1.97. The second-order valence-corrected chi connectivity index (χ2v) is 2.70. The Morgan fingerprint density at radius 3 is 3.40 bits per heavy atom. The Bertz CT molecular complexity index is 215. The highest BCUT2D eigenvalue weighted by molar-refractivity contribution is 5.19. The molecule has 0 fully saturated rings. The van der Waals surface area contributed by atoms with Crippen LogP contribution >= 0.6 is 0 Å². The van der Waals surface area contributed by atoms with Crippen LogP contribution in [0.2, 0.25) is 0 Å². The summed E-state index contributed by atoms with van der Waals surface area (Å²) in [4.78, 5) is 0. The molecule has 1 aromatic rings. The fraction of sp³-hybridized carbons (Fsp3) is 0.571. The number of nitrogens with one attached hydrogen (secondary N) is 1. The molecule has 0 spiro atoms. The zero-order valence-corrected chi connectivity index (χ0v) is 6.09. The molecule has 1 aliphatic rings. The van der Waals surface area contributed by atoms with Gasteiger partial charge in [0.15, 0.2) is 0 Å². The predicted octanol–water partition coefficient (Wildman–Crippen LogP) is 0.0658. The molecule has 0 amide bonds. The zero-order chi connectivity index (χ0) is 6.97. The van der Waals surface area contributed by atoms with Crippen molar-refractivity contribution in [2.24, 2.45) is 7.05 Å². The Morgan fingerprint density at radius 1 is 1.70 bits per heavy atom. The molecule has 1 aromatic heterocycles. The van der Waals surface area contributed by atoms with Gasteiger partial charge >= 0.3 is 0 Å². The molecule has 1 aliphatic heterocycles. The lowest BCUT2D eigenvalue weighted by Gasteiger charge is -2.09. The number of hydrogen-bond donors (Lipinski definition) is 1. The SMILES string of the molecule is Cn1cc2c(n1)CCNC2. The lowest BCUT2D eigenvalue weighted by Crippen LogP contribution is -2.22. The van der Waals surface area contributed by atoms with Gasteiger partial charge in [-0.05, 0) is 0 Å². The minimum Gasteiger partial charge on any atom is -0.312 e. The lowest BCUT2D eigenvalue weighted by molar-refractivity contribution is 0.632. The molecule has 0 saturated heterocycles. The number of fused-ring (bicyclic) bond motifs is 1. The van der Waals surface area contributed by atoms with Crippen molar-refractivity contribution in [2.75, 3.05) is 6.54 Å². The molecule has 0 radical (unpaired) electrons. The van der Waals surface area contributed by atoms with Crippen LogP contribution in [0.25, 0.3) is 0 Å². The van der Waals surface area contributed by atoms with Crippen molar-refractivity contribution in [3.05, 3.63) is 17.5 Å². The molecule has 3 nitrogen and oxygen atoms in total. The lowest BCUT2D eigenvalue weighted by atomic mass is 10.1. The highest BCUT2D eigenvalue weighted by Gasteiger charge is 2.10. The topological polar surface area (TPSA) is 29.9 Å². The fourth-order valence-electron chi connectivity index (χ4n) is 1.37. The van der Waals surface area contributed by atoms with Crippen molar-refractivity contribution in [1.82, 2.24) is 15.1 Å². The largest absolute Gasteiger partial charge is 0.312 e. The van der Waals surface area contributed by atoms with E-state index < -0.39 is 0 Å². The molecule has 0 saturated carbocycles. The molecule has 0 aromatic carbocycles. The molecule has 0 bridgehead atoms. The predicted molar refractivity (Wildman–Crippen MR) is 38.6 cm³/mol. The number of rotatable bonds is 0. The fourth-order valence-corrected chi connectivity index (χ4v) is 1.37. The maximum Gasteiger partial charge on any atom is 0.0682 e. The van der Waals surface area contributed by atoms with Crippen LogP contribution in [0.3, 0.4) is 0 Å². The van der Waals surface area contributed by atoms with E-state index in [1.54, 1.807) is 0 Å². The summed E-state index contributed by atoms with van der Waals surface area (Å²) < 4.78 is 1.89. The number of aromatic nitrogens is 2. The van der Waals surface area contributed by atoms with E-state index in [1.165, 1.54) is 11.3 Å². The Hall–Kier alpha value is -0.830. The van der Waals surface area contributed by atoms with Crippen molar-refractivity contribution in [3.8, 4) is 0 Å². The summed E-state index contributed by atoms with van der Waals surface area (Å²) >= 11 is 0. The molecular weight excluding hydrogens is 126 g/mol. The van der Waals surface area contributed by atoms with Crippen LogP contribution in [-0.2, 0) is 20.0 Å². The van der Waals surface area contributed by atoms with Gasteiger partial charge in [0.25, 0.3) is 0 Å². The van der Waals surface area contributed by atoms with Crippen LogP contribution in [0.4, 0.5) is 0 Å². The second-order valence-electron chi connectivity index (χ2n) is 2.70. The maximum atomic E-state index is 4.33. The Balaban J connectivity index is 2.41. The van der Waals surface area contributed by atoms with Gasteiger partial charge in [-0.1, -0.05) is 0 Å². The van der Waals surface area contributed by atoms with E-state index in [4.69, 9.17) is 0 Å². The first kappa shape index (κ1) is 5.92. The third kappa shape index (κ3) is 0.827. The molecule has 54 valence electrons. The Morgan fingerprint density at radius 2 is 2.60 bits per heavy atom. The molecule has 0 atom stereocenters. The maximum absolute atomic E-state index is 4.33. The molecule has 2 rings (SSSR count). The van der Waals surface area contributed by atoms with Gasteiger partial charge in [0.05, 0.1) is 5.69 Å². The van der Waals surface area contributed by atoms with Crippen LogP contribution in [0, 0.1) is 0 Å². The molecule has 0 aliphatic carbocycles. The van der Waals surface area contributed by atoms with Crippen molar-refractivity contribution in [2.45, 2.75) is 13.0 Å². The van der Waals surface area contributed by atoms with E-state index in [-0.39, 0.29) is 0 Å². The third-order valence-electron chi connectivity index (χ3n) is 1.85. The quantitative estimate of drug-likeness (QED) is 0.548. The van der Waals surface area contributed by atoms with Gasteiger partial charge in [0.1, 0.15) is 0 Å². The molecule has 1 N–H and O–H groups in total. The van der Waals surface area contributed by atoms with Crippen molar-refractivity contribution >= 4 is 0 Å². The standard InChI is InChI=1S/C7H11N3/c1-10-5-6-4-8-3-2-7(6)9-10/h5,8H,2-4H2,1H3. The van der Waals surface area contributed by atoms with Crippen LogP contribution in [0.5, 0.6) is 0 Å². The second kappa shape index (κ2) is 2.09. The molecule has 10 heavy (non-hydrogen) atoms. The highest BCUT2D eigenvalue weighted by Crippen LogP contribution is 2.09. The summed E-state index contributed by atoms with van der Waals surface area (Å²) in [6.45, 7) is 2.06. The number of nitrogens with zero attached hydrogens (tertiary/aromatic N) is 2. The van der Waals surface area contributed by atoms with Gasteiger partial charge in [-0.15, -0.1) is 0 Å². The van der Waals surface area contributed by atoms with Gasteiger partial charge in [0.2, 0.25) is 0 Å². The first-order valence-corrected chi connectivity index (χ1v) is 3.58. The summed E-state index contributed by atoms with van der Waals surface area (Å²) in [5.74, 6) is 0.